The average Bonchev–Trinajstić information content (AvgIpc) is 2.92. The Morgan fingerprint density at radius 3 is 2.71 bits per heavy atom. The Morgan fingerprint density at radius 2 is 2.06 bits per heavy atom. The second kappa shape index (κ2) is 3.84. The number of nitrogens with zero attached hydrogens (tertiary/aromatic N) is 2. The van der Waals surface area contributed by atoms with E-state index in [0.29, 0.717) is 5.92 Å². The second-order valence-corrected chi connectivity index (χ2v) is 4.69. The minimum absolute atomic E-state index is 0.225. The predicted molar refractivity (Wildman–Crippen MR) is 65.2 cm³/mol. The van der Waals surface area contributed by atoms with Crippen LogP contribution in [0.2, 0.25) is 0 Å². The van der Waals surface area contributed by atoms with Crippen LogP contribution in [0.1, 0.15) is 23.7 Å². The Balaban J connectivity index is 1.86. The van der Waals surface area contributed by atoms with E-state index in [-0.39, 0.29) is 11.7 Å². The van der Waals surface area contributed by atoms with Crippen LogP contribution in [0.4, 0.5) is 0 Å². The number of para-hydroxylation sites is 1. The predicted octanol–water partition coefficient (Wildman–Crippen LogP) is 2.71. The normalized spacial score (nSPS) is 22.4. The third-order valence-electron chi connectivity index (χ3n) is 3.33. The first-order chi connectivity index (χ1) is 8.25. The number of Topliss-reactive ketones (excluding diaryl/α,β-unsaturated/α-hetero) is 1. The van der Waals surface area contributed by atoms with Crippen LogP contribution in [-0.2, 0) is 0 Å². The van der Waals surface area contributed by atoms with E-state index in [2.05, 4.69) is 12.0 Å². The number of rotatable bonds is 3. The van der Waals surface area contributed by atoms with Crippen molar-refractivity contribution in [2.24, 2.45) is 11.8 Å². The molecule has 1 aliphatic rings. The maximum Gasteiger partial charge on any atom is 0.169 e. The fraction of sp³-hybridized carbons (Fsp3) is 0.286. The molecule has 1 aromatic heterocycles. The molecule has 1 aliphatic carbocycles. The summed E-state index contributed by atoms with van der Waals surface area (Å²) in [7, 11) is 0. The van der Waals surface area contributed by atoms with Crippen LogP contribution >= 0.6 is 0 Å². The van der Waals surface area contributed by atoms with Crippen molar-refractivity contribution in [3.8, 4) is 5.69 Å². The van der Waals surface area contributed by atoms with Gasteiger partial charge in [-0.25, -0.2) is 4.68 Å². The van der Waals surface area contributed by atoms with Crippen molar-refractivity contribution in [1.29, 1.82) is 0 Å². The van der Waals surface area contributed by atoms with Crippen LogP contribution in [0, 0.1) is 11.8 Å². The molecule has 0 radical (unpaired) electrons. The highest BCUT2D eigenvalue weighted by atomic mass is 16.1. The molecule has 3 nitrogen and oxygen atoms in total. The van der Waals surface area contributed by atoms with Crippen LogP contribution in [0.25, 0.3) is 5.69 Å². The Morgan fingerprint density at radius 1 is 1.35 bits per heavy atom. The van der Waals surface area contributed by atoms with Gasteiger partial charge in [0, 0.05) is 12.1 Å². The molecule has 0 bridgehead atoms. The Hall–Kier alpha value is -1.90. The molecular formula is C14H14N2O. The number of ketones is 1. The summed E-state index contributed by atoms with van der Waals surface area (Å²) >= 11 is 0. The standard InChI is InChI=1S/C14H14N2O/c1-10-7-13(10)14(17)11-8-15-16(9-11)12-5-3-2-4-6-12/h2-6,8-10,13H,7H2,1H3. The summed E-state index contributed by atoms with van der Waals surface area (Å²) in [4.78, 5) is 12.0. The molecule has 2 atom stereocenters. The van der Waals surface area contributed by atoms with Crippen molar-refractivity contribution >= 4 is 5.78 Å². The van der Waals surface area contributed by atoms with E-state index < -0.39 is 0 Å². The first-order valence-electron chi connectivity index (χ1n) is 5.90. The minimum Gasteiger partial charge on any atom is -0.294 e. The van der Waals surface area contributed by atoms with Gasteiger partial charge in [-0.05, 0) is 24.5 Å². The second-order valence-electron chi connectivity index (χ2n) is 4.69. The molecule has 0 spiro atoms. The quantitative estimate of drug-likeness (QED) is 0.754. The topological polar surface area (TPSA) is 34.9 Å². The highest BCUT2D eigenvalue weighted by molar-refractivity contribution is 5.99. The van der Waals surface area contributed by atoms with Gasteiger partial charge in [0.25, 0.3) is 0 Å². The lowest BCUT2D eigenvalue weighted by molar-refractivity contribution is 0.0962. The van der Waals surface area contributed by atoms with Gasteiger partial charge >= 0.3 is 0 Å². The molecule has 1 aromatic carbocycles. The van der Waals surface area contributed by atoms with E-state index in [1.54, 1.807) is 10.9 Å². The first kappa shape index (κ1) is 10.3. The van der Waals surface area contributed by atoms with Crippen molar-refractivity contribution in [1.82, 2.24) is 9.78 Å². The first-order valence-corrected chi connectivity index (χ1v) is 5.90. The lowest BCUT2D eigenvalue weighted by Gasteiger charge is -1.98. The summed E-state index contributed by atoms with van der Waals surface area (Å²) < 4.78 is 1.75. The van der Waals surface area contributed by atoms with Gasteiger partial charge in [-0.15, -0.1) is 0 Å². The van der Waals surface area contributed by atoms with Crippen molar-refractivity contribution in [3.63, 3.8) is 0 Å². The molecule has 0 saturated heterocycles. The molecule has 2 aromatic rings. The summed E-state index contributed by atoms with van der Waals surface area (Å²) in [5, 5.41) is 4.24. The number of aromatic nitrogens is 2. The molecule has 1 saturated carbocycles. The van der Waals surface area contributed by atoms with E-state index in [0.717, 1.165) is 17.7 Å². The van der Waals surface area contributed by atoms with E-state index in [1.165, 1.54) is 0 Å². The summed E-state index contributed by atoms with van der Waals surface area (Å²) in [6, 6.07) is 9.83. The number of hydrogen-bond donors (Lipinski definition) is 0. The summed E-state index contributed by atoms with van der Waals surface area (Å²) in [6.45, 7) is 2.12. The number of hydrogen-bond acceptors (Lipinski definition) is 2. The van der Waals surface area contributed by atoms with E-state index >= 15 is 0 Å². The van der Waals surface area contributed by atoms with Gasteiger partial charge in [0.15, 0.2) is 5.78 Å². The Bertz CT molecular complexity index is 544. The SMILES string of the molecule is CC1CC1C(=O)c1cnn(-c2ccccc2)c1. The number of benzene rings is 1. The Kier molecular flexibility index (Phi) is 2.32. The molecule has 1 fully saturated rings. The highest BCUT2D eigenvalue weighted by Crippen LogP contribution is 2.40. The molecule has 0 N–H and O–H groups in total. The van der Waals surface area contributed by atoms with Crippen molar-refractivity contribution in [2.45, 2.75) is 13.3 Å². The van der Waals surface area contributed by atoms with Gasteiger partial charge in [0.1, 0.15) is 0 Å². The summed E-state index contributed by atoms with van der Waals surface area (Å²) in [5.74, 6) is 1.01. The maximum absolute atomic E-state index is 12.0. The van der Waals surface area contributed by atoms with Crippen LogP contribution in [-0.4, -0.2) is 15.6 Å². The molecule has 1 heterocycles. The largest absolute Gasteiger partial charge is 0.294 e. The van der Waals surface area contributed by atoms with E-state index in [9.17, 15) is 4.79 Å². The van der Waals surface area contributed by atoms with Gasteiger partial charge in [0.05, 0.1) is 17.4 Å². The molecule has 86 valence electrons. The smallest absolute Gasteiger partial charge is 0.169 e. The zero-order valence-corrected chi connectivity index (χ0v) is 9.71. The molecule has 3 rings (SSSR count). The highest BCUT2D eigenvalue weighted by Gasteiger charge is 2.39. The van der Waals surface area contributed by atoms with Crippen LogP contribution in [0.15, 0.2) is 42.7 Å². The van der Waals surface area contributed by atoms with E-state index in [4.69, 9.17) is 0 Å². The lowest BCUT2D eigenvalue weighted by Crippen LogP contribution is -2.01. The van der Waals surface area contributed by atoms with Crippen molar-refractivity contribution in [2.75, 3.05) is 0 Å². The fourth-order valence-electron chi connectivity index (χ4n) is 2.07. The third kappa shape index (κ3) is 1.88. The van der Waals surface area contributed by atoms with Gasteiger partial charge in [-0.2, -0.15) is 5.10 Å². The number of carbonyl (C=O) groups excluding carboxylic acids is 1. The van der Waals surface area contributed by atoms with Crippen LogP contribution < -0.4 is 0 Å². The molecule has 17 heavy (non-hydrogen) atoms. The molecule has 0 amide bonds. The molecule has 3 heteroatoms. The van der Waals surface area contributed by atoms with Gasteiger partial charge in [0.2, 0.25) is 0 Å². The lowest BCUT2D eigenvalue weighted by atomic mass is 10.1. The van der Waals surface area contributed by atoms with Gasteiger partial charge in [-0.3, -0.25) is 4.79 Å². The molecule has 0 aliphatic heterocycles. The van der Waals surface area contributed by atoms with Crippen LogP contribution in [0.3, 0.4) is 0 Å². The van der Waals surface area contributed by atoms with Crippen LogP contribution in [0.5, 0.6) is 0 Å². The average molecular weight is 226 g/mol. The molecule has 2 unspecified atom stereocenters. The summed E-state index contributed by atoms with van der Waals surface area (Å²) in [5.41, 5.74) is 1.71. The third-order valence-corrected chi connectivity index (χ3v) is 3.33. The van der Waals surface area contributed by atoms with Crippen molar-refractivity contribution < 1.29 is 4.79 Å². The van der Waals surface area contributed by atoms with Gasteiger partial charge < -0.3 is 0 Å². The van der Waals surface area contributed by atoms with Crippen molar-refractivity contribution in [3.05, 3.63) is 48.3 Å². The zero-order chi connectivity index (χ0) is 11.8. The zero-order valence-electron chi connectivity index (χ0n) is 9.71. The van der Waals surface area contributed by atoms with Gasteiger partial charge in [-0.1, -0.05) is 25.1 Å². The monoisotopic (exact) mass is 226 g/mol. The molecular weight excluding hydrogens is 212 g/mol. The number of carbonyl (C=O) groups is 1. The maximum atomic E-state index is 12.0. The fourth-order valence-corrected chi connectivity index (χ4v) is 2.07. The summed E-state index contributed by atoms with van der Waals surface area (Å²) in [6.07, 6.45) is 4.51. The Labute approximate surface area is 100 Å². The van der Waals surface area contributed by atoms with E-state index in [1.807, 2.05) is 36.5 Å². The minimum atomic E-state index is 0.225.